The minimum absolute atomic E-state index is 0.0863. The molecule has 2 N–H and O–H groups in total. The Balaban J connectivity index is 1.36. The molecule has 2 aromatic rings. The molecule has 28 heavy (non-hydrogen) atoms. The number of hydrogen-bond donors (Lipinski definition) is 2. The van der Waals surface area contributed by atoms with Gasteiger partial charge < -0.3 is 10.1 Å². The van der Waals surface area contributed by atoms with E-state index in [1.165, 1.54) is 36.1 Å². The lowest BCUT2D eigenvalue weighted by Gasteiger charge is -2.21. The number of carbonyl (C=O) groups excluding carboxylic acids is 1. The molecule has 4 rings (SSSR count). The minimum atomic E-state index is -0.514. The van der Waals surface area contributed by atoms with Gasteiger partial charge in [-0.3, -0.25) is 19.1 Å². The molecule has 0 spiro atoms. The first-order valence-electron chi connectivity index (χ1n) is 10.2. The summed E-state index contributed by atoms with van der Waals surface area (Å²) in [6.45, 7) is 1.13. The quantitative estimate of drug-likeness (QED) is 0.707. The number of fused-ring (bicyclic) bond motifs is 1. The smallest absolute Gasteiger partial charge is 0.330 e. The summed E-state index contributed by atoms with van der Waals surface area (Å²) >= 11 is 0. The number of rotatable bonds is 7. The van der Waals surface area contributed by atoms with Crippen LogP contribution in [0.2, 0.25) is 0 Å². The van der Waals surface area contributed by atoms with Gasteiger partial charge in [0, 0.05) is 25.4 Å². The number of ether oxygens (including phenoxy) is 1. The standard InChI is InChI=1S/C20H26N4O4/c25-18(21-9-4-10-28-15-5-2-1-3-6-15)13-11-16-17(22-12-13)24(14-7-8-14)20(27)23-19(16)26/h11-12,14-15H,1-10H2,(H,21,25)(H,23,26,27). The number of hydrogen-bond acceptors (Lipinski definition) is 5. The predicted molar refractivity (Wildman–Crippen MR) is 105 cm³/mol. The molecule has 150 valence electrons. The van der Waals surface area contributed by atoms with Gasteiger partial charge in [-0.1, -0.05) is 19.3 Å². The van der Waals surface area contributed by atoms with E-state index in [0.717, 1.165) is 32.1 Å². The number of amides is 1. The first kappa shape index (κ1) is 18.9. The van der Waals surface area contributed by atoms with Gasteiger partial charge in [0.1, 0.15) is 5.65 Å². The summed E-state index contributed by atoms with van der Waals surface area (Å²) in [6.07, 6.45) is 10.4. The summed E-state index contributed by atoms with van der Waals surface area (Å²) in [7, 11) is 0. The molecule has 1 amide bonds. The molecule has 2 saturated carbocycles. The summed E-state index contributed by atoms with van der Waals surface area (Å²) in [5.74, 6) is -0.282. The molecule has 2 fully saturated rings. The van der Waals surface area contributed by atoms with Gasteiger partial charge in [-0.05, 0) is 38.2 Å². The maximum absolute atomic E-state index is 12.4. The first-order valence-corrected chi connectivity index (χ1v) is 10.2. The maximum atomic E-state index is 12.4. The fourth-order valence-electron chi connectivity index (χ4n) is 3.79. The molecule has 0 radical (unpaired) electrons. The van der Waals surface area contributed by atoms with Crippen molar-refractivity contribution in [3.05, 3.63) is 38.7 Å². The number of carbonyl (C=O) groups is 1. The lowest BCUT2D eigenvalue weighted by atomic mass is 9.98. The van der Waals surface area contributed by atoms with Crippen molar-refractivity contribution < 1.29 is 9.53 Å². The van der Waals surface area contributed by atoms with Crippen molar-refractivity contribution in [2.24, 2.45) is 0 Å². The largest absolute Gasteiger partial charge is 0.378 e. The normalized spacial score (nSPS) is 17.7. The van der Waals surface area contributed by atoms with E-state index < -0.39 is 11.2 Å². The van der Waals surface area contributed by atoms with Crippen molar-refractivity contribution in [1.29, 1.82) is 0 Å². The van der Waals surface area contributed by atoms with Crippen LogP contribution in [-0.4, -0.2) is 39.7 Å². The third-order valence-corrected chi connectivity index (χ3v) is 5.47. The number of aromatic nitrogens is 3. The van der Waals surface area contributed by atoms with Crippen LogP contribution >= 0.6 is 0 Å². The Morgan fingerprint density at radius 2 is 2.00 bits per heavy atom. The van der Waals surface area contributed by atoms with E-state index in [-0.39, 0.29) is 17.3 Å². The number of H-pyrrole nitrogens is 1. The zero-order valence-corrected chi connectivity index (χ0v) is 15.9. The van der Waals surface area contributed by atoms with Gasteiger partial charge in [0.05, 0.1) is 17.1 Å². The van der Waals surface area contributed by atoms with Gasteiger partial charge in [0.2, 0.25) is 0 Å². The Morgan fingerprint density at radius 1 is 1.21 bits per heavy atom. The Morgan fingerprint density at radius 3 is 2.75 bits per heavy atom. The summed E-state index contributed by atoms with van der Waals surface area (Å²) < 4.78 is 7.37. The zero-order chi connectivity index (χ0) is 19.5. The van der Waals surface area contributed by atoms with E-state index in [1.807, 2.05) is 0 Å². The third kappa shape index (κ3) is 4.16. The molecule has 0 aromatic carbocycles. The van der Waals surface area contributed by atoms with Crippen molar-refractivity contribution >= 4 is 16.9 Å². The molecule has 2 aliphatic carbocycles. The molecular weight excluding hydrogens is 360 g/mol. The predicted octanol–water partition coefficient (Wildman–Crippen LogP) is 1.89. The number of nitrogens with one attached hydrogen (secondary N) is 2. The Labute approximate surface area is 162 Å². The number of aromatic amines is 1. The van der Waals surface area contributed by atoms with E-state index in [2.05, 4.69) is 15.3 Å². The van der Waals surface area contributed by atoms with Crippen LogP contribution in [0.25, 0.3) is 11.0 Å². The summed E-state index contributed by atoms with van der Waals surface area (Å²) in [5.41, 5.74) is -0.302. The Hall–Kier alpha value is -2.48. The summed E-state index contributed by atoms with van der Waals surface area (Å²) in [4.78, 5) is 43.2. The molecule has 8 heteroatoms. The molecule has 0 bridgehead atoms. The van der Waals surface area contributed by atoms with Crippen LogP contribution in [0.4, 0.5) is 0 Å². The minimum Gasteiger partial charge on any atom is -0.378 e. The molecule has 8 nitrogen and oxygen atoms in total. The van der Waals surface area contributed by atoms with Crippen LogP contribution in [0, 0.1) is 0 Å². The van der Waals surface area contributed by atoms with E-state index in [9.17, 15) is 14.4 Å². The molecule has 2 aromatic heterocycles. The average Bonchev–Trinajstić information content (AvgIpc) is 3.53. The van der Waals surface area contributed by atoms with Crippen LogP contribution < -0.4 is 16.6 Å². The van der Waals surface area contributed by atoms with Gasteiger partial charge in [-0.15, -0.1) is 0 Å². The molecule has 2 aliphatic rings. The van der Waals surface area contributed by atoms with Crippen molar-refractivity contribution in [2.75, 3.05) is 13.2 Å². The van der Waals surface area contributed by atoms with E-state index in [0.29, 0.717) is 30.5 Å². The van der Waals surface area contributed by atoms with E-state index in [4.69, 9.17) is 4.74 Å². The lowest BCUT2D eigenvalue weighted by Crippen LogP contribution is -2.31. The highest BCUT2D eigenvalue weighted by molar-refractivity contribution is 5.96. The molecule has 0 saturated heterocycles. The van der Waals surface area contributed by atoms with Gasteiger partial charge in [0.25, 0.3) is 11.5 Å². The second-order valence-electron chi connectivity index (χ2n) is 7.70. The zero-order valence-electron chi connectivity index (χ0n) is 15.9. The highest BCUT2D eigenvalue weighted by atomic mass is 16.5. The van der Waals surface area contributed by atoms with Crippen molar-refractivity contribution in [3.8, 4) is 0 Å². The number of pyridine rings is 1. The van der Waals surface area contributed by atoms with Gasteiger partial charge in [-0.25, -0.2) is 9.78 Å². The fourth-order valence-corrected chi connectivity index (χ4v) is 3.79. The van der Waals surface area contributed by atoms with E-state index in [1.54, 1.807) is 0 Å². The molecule has 0 aliphatic heterocycles. The number of nitrogens with zero attached hydrogens (tertiary/aromatic N) is 2. The SMILES string of the molecule is O=C(NCCCOC1CCCCC1)c1cnc2c(c1)c(=O)[nH]c(=O)n2C1CC1. The molecule has 2 heterocycles. The lowest BCUT2D eigenvalue weighted by molar-refractivity contribution is 0.0273. The van der Waals surface area contributed by atoms with Crippen LogP contribution in [0.15, 0.2) is 21.9 Å². The third-order valence-electron chi connectivity index (χ3n) is 5.47. The van der Waals surface area contributed by atoms with Crippen molar-refractivity contribution in [2.45, 2.75) is 63.5 Å². The van der Waals surface area contributed by atoms with Gasteiger partial charge in [0.15, 0.2) is 0 Å². The van der Waals surface area contributed by atoms with Crippen molar-refractivity contribution in [1.82, 2.24) is 19.9 Å². The first-order chi connectivity index (χ1) is 13.6. The second kappa shape index (κ2) is 8.26. The van der Waals surface area contributed by atoms with Gasteiger partial charge >= 0.3 is 5.69 Å². The van der Waals surface area contributed by atoms with Crippen LogP contribution in [0.3, 0.4) is 0 Å². The molecule has 0 atom stereocenters. The monoisotopic (exact) mass is 386 g/mol. The Bertz CT molecular complexity index is 970. The van der Waals surface area contributed by atoms with E-state index >= 15 is 0 Å². The van der Waals surface area contributed by atoms with Crippen LogP contribution in [0.1, 0.15) is 67.8 Å². The topological polar surface area (TPSA) is 106 Å². The highest BCUT2D eigenvalue weighted by Crippen LogP contribution is 2.34. The van der Waals surface area contributed by atoms with Crippen LogP contribution in [-0.2, 0) is 4.74 Å². The maximum Gasteiger partial charge on any atom is 0.330 e. The second-order valence-corrected chi connectivity index (χ2v) is 7.70. The fraction of sp³-hybridized carbons (Fsp3) is 0.600. The van der Waals surface area contributed by atoms with Crippen LogP contribution in [0.5, 0.6) is 0 Å². The van der Waals surface area contributed by atoms with Gasteiger partial charge in [-0.2, -0.15) is 0 Å². The Kier molecular flexibility index (Phi) is 5.57. The average molecular weight is 386 g/mol. The molecular formula is C20H26N4O4. The summed E-state index contributed by atoms with van der Waals surface area (Å²) in [5, 5.41) is 3.11. The summed E-state index contributed by atoms with van der Waals surface area (Å²) in [6, 6.07) is 1.59. The van der Waals surface area contributed by atoms with Crippen molar-refractivity contribution in [3.63, 3.8) is 0 Å². The molecule has 0 unspecified atom stereocenters. The highest BCUT2D eigenvalue weighted by Gasteiger charge is 2.27.